The Morgan fingerprint density at radius 3 is 1.92 bits per heavy atom. The molecule has 1 aromatic carbocycles. The first-order valence-electron chi connectivity index (χ1n) is 8.72. The maximum atomic E-state index is 12.8. The highest BCUT2D eigenvalue weighted by molar-refractivity contribution is 7.89. The number of aliphatic hydroxyl groups is 1. The Morgan fingerprint density at radius 2 is 1.54 bits per heavy atom. The lowest BCUT2D eigenvalue weighted by Crippen LogP contribution is -2.51. The lowest BCUT2D eigenvalue weighted by Gasteiger charge is -2.33. The van der Waals surface area contributed by atoms with Crippen molar-refractivity contribution in [3.63, 3.8) is 0 Å². The molecule has 0 unspecified atom stereocenters. The van der Waals surface area contributed by atoms with Gasteiger partial charge in [0.05, 0.1) is 17.0 Å². The normalized spacial score (nSPS) is 12.4. The molecule has 0 fully saturated rings. The fourth-order valence-corrected chi connectivity index (χ4v) is 4.17. The van der Waals surface area contributed by atoms with Crippen LogP contribution < -0.4 is 9.62 Å². The Bertz CT molecular complexity index is 575. The Labute approximate surface area is 147 Å². The summed E-state index contributed by atoms with van der Waals surface area (Å²) in [6, 6.07) is 6.79. The predicted molar refractivity (Wildman–Crippen MR) is 100.0 cm³/mol. The zero-order chi connectivity index (χ0) is 18.2. The second-order valence-corrected chi connectivity index (χ2v) is 8.32. The molecule has 2 N–H and O–H groups in total. The van der Waals surface area contributed by atoms with Crippen LogP contribution >= 0.6 is 0 Å². The minimum atomic E-state index is -3.66. The zero-order valence-corrected chi connectivity index (χ0v) is 16.2. The number of benzene rings is 1. The van der Waals surface area contributed by atoms with Crippen LogP contribution in [0, 0.1) is 0 Å². The summed E-state index contributed by atoms with van der Waals surface area (Å²) in [6.07, 6.45) is 4.99. The highest BCUT2D eigenvalue weighted by atomic mass is 32.2. The van der Waals surface area contributed by atoms with E-state index in [1.54, 1.807) is 24.3 Å². The Morgan fingerprint density at radius 1 is 1.04 bits per heavy atom. The van der Waals surface area contributed by atoms with Gasteiger partial charge in [-0.3, -0.25) is 0 Å². The van der Waals surface area contributed by atoms with Crippen molar-refractivity contribution in [3.05, 3.63) is 24.3 Å². The van der Waals surface area contributed by atoms with Crippen LogP contribution in [0.25, 0.3) is 0 Å². The van der Waals surface area contributed by atoms with E-state index < -0.39 is 15.6 Å². The molecule has 0 saturated heterocycles. The summed E-state index contributed by atoms with van der Waals surface area (Å²) in [5.74, 6) is 0. The summed E-state index contributed by atoms with van der Waals surface area (Å²) in [7, 11) is 0.160. The molecule has 6 heteroatoms. The molecule has 0 spiro atoms. The lowest BCUT2D eigenvalue weighted by atomic mass is 9.89. The summed E-state index contributed by atoms with van der Waals surface area (Å²) >= 11 is 0. The van der Waals surface area contributed by atoms with Crippen molar-refractivity contribution in [1.82, 2.24) is 4.72 Å². The molecule has 0 bridgehead atoms. The predicted octanol–water partition coefficient (Wildman–Crippen LogP) is 3.14. The van der Waals surface area contributed by atoms with E-state index >= 15 is 0 Å². The molecule has 0 heterocycles. The van der Waals surface area contributed by atoms with Crippen molar-refractivity contribution in [2.45, 2.75) is 62.8 Å². The number of sulfonamides is 1. The fourth-order valence-electron chi connectivity index (χ4n) is 2.72. The number of anilines is 1. The van der Waals surface area contributed by atoms with Crippen molar-refractivity contribution in [2.75, 3.05) is 25.6 Å². The molecule has 0 amide bonds. The summed E-state index contributed by atoms with van der Waals surface area (Å²) in [5, 5.41) is 9.92. The quantitative estimate of drug-likeness (QED) is 0.639. The van der Waals surface area contributed by atoms with Crippen molar-refractivity contribution in [3.8, 4) is 0 Å². The first kappa shape index (κ1) is 20.9. The molecule has 138 valence electrons. The number of rotatable bonds is 11. The number of hydrogen-bond acceptors (Lipinski definition) is 4. The van der Waals surface area contributed by atoms with E-state index in [2.05, 4.69) is 18.6 Å². The molecular formula is C18H32N2O3S. The molecule has 0 aliphatic rings. The summed E-state index contributed by atoms with van der Waals surface area (Å²) < 4.78 is 28.4. The smallest absolute Gasteiger partial charge is 0.241 e. The van der Waals surface area contributed by atoms with Crippen LogP contribution in [0.5, 0.6) is 0 Å². The third-order valence-electron chi connectivity index (χ3n) is 4.33. The molecule has 0 radical (unpaired) electrons. The van der Waals surface area contributed by atoms with Crippen molar-refractivity contribution in [2.24, 2.45) is 0 Å². The lowest BCUT2D eigenvalue weighted by molar-refractivity contribution is 0.158. The minimum absolute atomic E-state index is 0.179. The van der Waals surface area contributed by atoms with Crippen molar-refractivity contribution >= 4 is 15.7 Å². The molecule has 0 atom stereocenters. The van der Waals surface area contributed by atoms with Gasteiger partial charge in [0.25, 0.3) is 0 Å². The molecule has 5 nitrogen and oxygen atoms in total. The van der Waals surface area contributed by atoms with Crippen LogP contribution in [-0.2, 0) is 10.0 Å². The van der Waals surface area contributed by atoms with Gasteiger partial charge in [-0.2, -0.15) is 0 Å². The highest BCUT2D eigenvalue weighted by Gasteiger charge is 2.33. The van der Waals surface area contributed by atoms with E-state index in [-0.39, 0.29) is 11.5 Å². The van der Waals surface area contributed by atoms with Gasteiger partial charge in [0.15, 0.2) is 0 Å². The number of nitrogens with one attached hydrogen (secondary N) is 1. The maximum absolute atomic E-state index is 12.8. The third kappa shape index (κ3) is 5.76. The largest absolute Gasteiger partial charge is 0.394 e. The first-order chi connectivity index (χ1) is 11.3. The van der Waals surface area contributed by atoms with Crippen molar-refractivity contribution < 1.29 is 13.5 Å². The topological polar surface area (TPSA) is 69.6 Å². The molecule has 1 rings (SSSR count). The Hall–Kier alpha value is -1.11. The van der Waals surface area contributed by atoms with Gasteiger partial charge in [-0.15, -0.1) is 0 Å². The number of hydrogen-bond donors (Lipinski definition) is 2. The van der Waals surface area contributed by atoms with Gasteiger partial charge in [0.1, 0.15) is 0 Å². The number of unbranched alkanes of at least 4 members (excludes halogenated alkanes) is 2. The molecular weight excluding hydrogens is 324 g/mol. The Kier molecular flexibility index (Phi) is 8.19. The molecule has 0 saturated carbocycles. The van der Waals surface area contributed by atoms with Crippen molar-refractivity contribution in [1.29, 1.82) is 0 Å². The SMILES string of the molecule is CCCCC(CO)(CCCC)NS(=O)(=O)c1ccc(N(C)C)cc1. The van der Waals surface area contributed by atoms with Gasteiger partial charge in [-0.05, 0) is 37.1 Å². The van der Waals surface area contributed by atoms with Crippen LogP contribution in [0.15, 0.2) is 29.2 Å². The summed E-state index contributed by atoms with van der Waals surface area (Å²) in [5.41, 5.74) is 0.171. The van der Waals surface area contributed by atoms with Gasteiger partial charge in [-0.25, -0.2) is 13.1 Å². The van der Waals surface area contributed by atoms with Crippen LogP contribution in [0.4, 0.5) is 5.69 Å². The monoisotopic (exact) mass is 356 g/mol. The van der Waals surface area contributed by atoms with Gasteiger partial charge in [-0.1, -0.05) is 39.5 Å². The van der Waals surface area contributed by atoms with Gasteiger partial charge >= 0.3 is 0 Å². The van der Waals surface area contributed by atoms with E-state index in [1.165, 1.54) is 0 Å². The molecule has 0 aliphatic carbocycles. The Balaban J connectivity index is 3.04. The molecule has 0 aliphatic heterocycles. The average molecular weight is 357 g/mol. The van der Waals surface area contributed by atoms with E-state index in [1.807, 2.05) is 19.0 Å². The fraction of sp³-hybridized carbons (Fsp3) is 0.667. The van der Waals surface area contributed by atoms with Crippen LogP contribution in [0.2, 0.25) is 0 Å². The van der Waals surface area contributed by atoms with Gasteiger partial charge in [0.2, 0.25) is 10.0 Å². The third-order valence-corrected chi connectivity index (χ3v) is 5.93. The average Bonchev–Trinajstić information content (AvgIpc) is 2.57. The zero-order valence-electron chi connectivity index (χ0n) is 15.4. The van der Waals surface area contributed by atoms with Crippen LogP contribution in [-0.4, -0.2) is 39.8 Å². The first-order valence-corrected chi connectivity index (χ1v) is 10.2. The van der Waals surface area contributed by atoms with Crippen LogP contribution in [0.3, 0.4) is 0 Å². The molecule has 1 aromatic rings. The number of aliphatic hydroxyl groups excluding tert-OH is 1. The molecule has 24 heavy (non-hydrogen) atoms. The van der Waals surface area contributed by atoms with E-state index in [0.29, 0.717) is 12.8 Å². The minimum Gasteiger partial charge on any atom is -0.394 e. The van der Waals surface area contributed by atoms with Gasteiger partial charge < -0.3 is 10.0 Å². The summed E-state index contributed by atoms with van der Waals surface area (Å²) in [6.45, 7) is 3.95. The van der Waals surface area contributed by atoms with E-state index in [0.717, 1.165) is 31.4 Å². The maximum Gasteiger partial charge on any atom is 0.241 e. The van der Waals surface area contributed by atoms with E-state index in [4.69, 9.17) is 0 Å². The standard InChI is InChI=1S/C18H32N2O3S/c1-5-7-13-18(15-21,14-8-6-2)19-24(22,23)17-11-9-16(10-12-17)20(3)4/h9-12,19,21H,5-8,13-15H2,1-4H3. The second-order valence-electron chi connectivity index (χ2n) is 6.64. The molecule has 0 aromatic heterocycles. The second kappa shape index (κ2) is 9.39. The van der Waals surface area contributed by atoms with E-state index in [9.17, 15) is 13.5 Å². The summed E-state index contributed by atoms with van der Waals surface area (Å²) in [4.78, 5) is 2.16. The number of nitrogens with zero attached hydrogens (tertiary/aromatic N) is 1. The van der Waals surface area contributed by atoms with Gasteiger partial charge in [0, 0.05) is 19.8 Å². The van der Waals surface area contributed by atoms with Crippen LogP contribution in [0.1, 0.15) is 52.4 Å². The highest BCUT2D eigenvalue weighted by Crippen LogP contribution is 2.25.